The second kappa shape index (κ2) is 12.3. The van der Waals surface area contributed by atoms with Gasteiger partial charge in [0.25, 0.3) is 0 Å². The minimum absolute atomic E-state index is 0. The van der Waals surface area contributed by atoms with Gasteiger partial charge in [-0.25, -0.2) is 0 Å². The van der Waals surface area contributed by atoms with Crippen LogP contribution in [0.15, 0.2) is 23.2 Å². The van der Waals surface area contributed by atoms with Crippen molar-refractivity contribution in [2.75, 3.05) is 39.6 Å². The molecule has 0 bridgehead atoms. The van der Waals surface area contributed by atoms with Crippen LogP contribution in [0.5, 0.6) is 17.2 Å². The zero-order chi connectivity index (χ0) is 19.7. The van der Waals surface area contributed by atoms with E-state index in [-0.39, 0.29) is 42.8 Å². The van der Waals surface area contributed by atoms with Crippen molar-refractivity contribution in [3.63, 3.8) is 0 Å². The van der Waals surface area contributed by atoms with Gasteiger partial charge in [-0.2, -0.15) is 0 Å². The summed E-state index contributed by atoms with van der Waals surface area (Å²) in [7, 11) is 0. The average Bonchev–Trinajstić information content (AvgIpc) is 3.18. The summed E-state index contributed by atoms with van der Waals surface area (Å²) in [5, 5.41) is 16.1. The monoisotopic (exact) mass is 519 g/mol. The maximum atomic E-state index is 9.48. The fraction of sp³-hybridized carbons (Fsp3) is 0.667. The molecule has 3 N–H and O–H groups in total. The van der Waals surface area contributed by atoms with Crippen molar-refractivity contribution in [2.24, 2.45) is 10.4 Å². The van der Waals surface area contributed by atoms with E-state index in [2.05, 4.69) is 17.6 Å². The fourth-order valence-corrected chi connectivity index (χ4v) is 3.92. The second-order valence-corrected chi connectivity index (χ2v) is 7.52. The van der Waals surface area contributed by atoms with Crippen LogP contribution in [-0.2, 0) is 0 Å². The van der Waals surface area contributed by atoms with Crippen LogP contribution in [0.1, 0.15) is 45.4 Å². The van der Waals surface area contributed by atoms with Crippen LogP contribution in [0.3, 0.4) is 0 Å². The van der Waals surface area contributed by atoms with Crippen LogP contribution in [0.2, 0.25) is 0 Å². The molecular formula is C21H34IN3O4. The molecule has 1 aromatic carbocycles. The Morgan fingerprint density at radius 3 is 2.72 bits per heavy atom. The Labute approximate surface area is 190 Å². The normalized spacial score (nSPS) is 17.4. The number of hydrogen-bond donors (Lipinski definition) is 3. The molecule has 0 aromatic heterocycles. The molecule has 0 atom stereocenters. The predicted molar refractivity (Wildman–Crippen MR) is 125 cm³/mol. The number of aliphatic imine (C=N–C) groups is 1. The van der Waals surface area contributed by atoms with Gasteiger partial charge in [-0.3, -0.25) is 4.99 Å². The molecule has 1 fully saturated rings. The lowest BCUT2D eigenvalue weighted by Gasteiger charge is -2.35. The summed E-state index contributed by atoms with van der Waals surface area (Å²) in [5.41, 5.74) is 0.151. The van der Waals surface area contributed by atoms with E-state index in [9.17, 15) is 5.11 Å². The van der Waals surface area contributed by atoms with Crippen molar-refractivity contribution in [2.45, 2.75) is 45.4 Å². The number of fused-ring (bicyclic) bond motifs is 1. The minimum Gasteiger partial charge on any atom is -0.492 e. The summed E-state index contributed by atoms with van der Waals surface area (Å²) >= 11 is 0. The first-order valence-corrected chi connectivity index (χ1v) is 10.4. The van der Waals surface area contributed by atoms with Crippen LogP contribution < -0.4 is 24.8 Å². The summed E-state index contributed by atoms with van der Waals surface area (Å²) in [5.74, 6) is 3.05. The number of aliphatic hydroxyl groups is 1. The van der Waals surface area contributed by atoms with Gasteiger partial charge < -0.3 is 30.0 Å². The molecule has 0 spiro atoms. The smallest absolute Gasteiger partial charge is 0.231 e. The van der Waals surface area contributed by atoms with E-state index < -0.39 is 0 Å². The van der Waals surface area contributed by atoms with Gasteiger partial charge in [-0.05, 0) is 43.7 Å². The van der Waals surface area contributed by atoms with Gasteiger partial charge >= 0.3 is 0 Å². The van der Waals surface area contributed by atoms with Gasteiger partial charge in [0.1, 0.15) is 12.4 Å². The van der Waals surface area contributed by atoms with Crippen molar-refractivity contribution in [3.05, 3.63) is 18.2 Å². The number of nitrogens with zero attached hydrogens (tertiary/aromatic N) is 1. The Morgan fingerprint density at radius 2 is 1.97 bits per heavy atom. The summed E-state index contributed by atoms with van der Waals surface area (Å²) in [4.78, 5) is 4.81. The highest BCUT2D eigenvalue weighted by Gasteiger charge is 2.31. The zero-order valence-electron chi connectivity index (χ0n) is 17.2. The highest BCUT2D eigenvalue weighted by Crippen LogP contribution is 2.39. The van der Waals surface area contributed by atoms with Crippen LogP contribution in [0, 0.1) is 5.41 Å². The van der Waals surface area contributed by atoms with Gasteiger partial charge in [0.2, 0.25) is 6.79 Å². The van der Waals surface area contributed by atoms with E-state index in [1.54, 1.807) is 0 Å². The molecule has 7 nitrogen and oxygen atoms in total. The Hall–Kier alpha value is -1.42. The molecule has 0 amide bonds. The Bertz CT molecular complexity index is 645. The van der Waals surface area contributed by atoms with E-state index in [1.165, 1.54) is 19.3 Å². The summed E-state index contributed by atoms with van der Waals surface area (Å²) < 4.78 is 16.5. The minimum atomic E-state index is 0. The Balaban J connectivity index is 0.00000300. The quantitative estimate of drug-likeness (QED) is 0.201. The number of ether oxygens (including phenoxy) is 3. The topological polar surface area (TPSA) is 84.3 Å². The Kier molecular flexibility index (Phi) is 10.1. The van der Waals surface area contributed by atoms with Gasteiger partial charge in [0, 0.05) is 25.8 Å². The van der Waals surface area contributed by atoms with Crippen LogP contribution in [0.4, 0.5) is 0 Å². The largest absolute Gasteiger partial charge is 0.492 e. The maximum absolute atomic E-state index is 9.48. The highest BCUT2D eigenvalue weighted by molar-refractivity contribution is 14.0. The molecule has 8 heteroatoms. The number of rotatable bonds is 9. The van der Waals surface area contributed by atoms with E-state index in [0.717, 1.165) is 55.6 Å². The fourth-order valence-electron chi connectivity index (χ4n) is 3.92. The van der Waals surface area contributed by atoms with Crippen molar-refractivity contribution < 1.29 is 19.3 Å². The number of hydrogen-bond acceptors (Lipinski definition) is 5. The van der Waals surface area contributed by atoms with E-state index >= 15 is 0 Å². The molecule has 3 rings (SSSR count). The maximum Gasteiger partial charge on any atom is 0.231 e. The third-order valence-electron chi connectivity index (χ3n) is 5.48. The summed E-state index contributed by atoms with van der Waals surface area (Å²) in [6.45, 7) is 5.29. The average molecular weight is 519 g/mol. The van der Waals surface area contributed by atoms with Crippen LogP contribution in [-0.4, -0.2) is 50.7 Å². The van der Waals surface area contributed by atoms with E-state index in [0.29, 0.717) is 13.2 Å². The standard InChI is InChI=1S/C21H33N3O4.HI/c1-2-22-20(24-15-21(10-12-25)8-4-3-5-9-21)23-11-13-26-17-6-7-18-19(14-17)28-16-27-18;/h6-7,14,25H,2-5,8-13,15-16H2,1H3,(H2,22,23,24);1H. The summed E-state index contributed by atoms with van der Waals surface area (Å²) in [6.07, 6.45) is 6.93. The molecule has 1 saturated carbocycles. The van der Waals surface area contributed by atoms with E-state index in [1.807, 2.05) is 18.2 Å². The molecule has 1 aliphatic heterocycles. The number of benzene rings is 1. The molecule has 29 heavy (non-hydrogen) atoms. The van der Waals surface area contributed by atoms with Gasteiger partial charge in [-0.15, -0.1) is 24.0 Å². The molecular weight excluding hydrogens is 485 g/mol. The van der Waals surface area contributed by atoms with E-state index in [4.69, 9.17) is 19.2 Å². The third kappa shape index (κ3) is 7.09. The van der Waals surface area contributed by atoms with Crippen molar-refractivity contribution >= 4 is 29.9 Å². The number of halogens is 1. The molecule has 2 aliphatic rings. The zero-order valence-corrected chi connectivity index (χ0v) is 19.6. The second-order valence-electron chi connectivity index (χ2n) is 7.52. The highest BCUT2D eigenvalue weighted by atomic mass is 127. The van der Waals surface area contributed by atoms with Crippen molar-refractivity contribution in [1.29, 1.82) is 0 Å². The van der Waals surface area contributed by atoms with Crippen molar-refractivity contribution in [3.8, 4) is 17.2 Å². The molecule has 0 radical (unpaired) electrons. The number of aliphatic hydroxyl groups excluding tert-OH is 1. The van der Waals surface area contributed by atoms with Crippen LogP contribution >= 0.6 is 24.0 Å². The van der Waals surface area contributed by atoms with Gasteiger partial charge in [0.15, 0.2) is 17.5 Å². The molecule has 1 aromatic rings. The SMILES string of the molecule is CCNC(=NCC1(CCO)CCCCC1)NCCOc1ccc2c(c1)OCO2.I. The molecule has 0 saturated heterocycles. The van der Waals surface area contributed by atoms with Crippen molar-refractivity contribution in [1.82, 2.24) is 10.6 Å². The molecule has 1 heterocycles. The predicted octanol–water partition coefficient (Wildman–Crippen LogP) is 3.30. The lowest BCUT2D eigenvalue weighted by Crippen LogP contribution is -2.40. The first-order chi connectivity index (χ1) is 13.7. The molecule has 164 valence electrons. The molecule has 0 unspecified atom stereocenters. The Morgan fingerprint density at radius 1 is 1.17 bits per heavy atom. The molecule has 1 aliphatic carbocycles. The van der Waals surface area contributed by atoms with Gasteiger partial charge in [-0.1, -0.05) is 19.3 Å². The first kappa shape index (κ1) is 23.9. The lowest BCUT2D eigenvalue weighted by molar-refractivity contribution is 0.137. The third-order valence-corrected chi connectivity index (χ3v) is 5.48. The summed E-state index contributed by atoms with van der Waals surface area (Å²) in [6, 6.07) is 5.60. The number of guanidine groups is 1. The van der Waals surface area contributed by atoms with Crippen LogP contribution in [0.25, 0.3) is 0 Å². The number of nitrogens with one attached hydrogen (secondary N) is 2. The first-order valence-electron chi connectivity index (χ1n) is 10.4. The van der Waals surface area contributed by atoms with Gasteiger partial charge in [0.05, 0.1) is 6.54 Å². The lowest BCUT2D eigenvalue weighted by atomic mass is 9.72.